The number of rotatable bonds is 5. The molecule has 176 valence electrons. The molecule has 6 nitrogen and oxygen atoms in total. The van der Waals surface area contributed by atoms with Crippen LogP contribution in [0.1, 0.15) is 40.5 Å². The lowest BCUT2D eigenvalue weighted by atomic mass is 9.95. The molecule has 0 bridgehead atoms. The molecule has 33 heavy (non-hydrogen) atoms. The highest BCUT2D eigenvalue weighted by molar-refractivity contribution is 7.94. The summed E-state index contributed by atoms with van der Waals surface area (Å²) in [6, 6.07) is 17.0. The molecule has 1 fully saturated rings. The van der Waals surface area contributed by atoms with Gasteiger partial charge in [-0.1, -0.05) is 35.9 Å². The van der Waals surface area contributed by atoms with Crippen LogP contribution in [0.5, 0.6) is 11.6 Å². The number of ether oxygens (including phenoxy) is 2. The van der Waals surface area contributed by atoms with Gasteiger partial charge in [0, 0.05) is 29.5 Å². The lowest BCUT2D eigenvalue weighted by Crippen LogP contribution is -2.55. The van der Waals surface area contributed by atoms with Crippen LogP contribution in [0.3, 0.4) is 0 Å². The summed E-state index contributed by atoms with van der Waals surface area (Å²) in [6.45, 7) is 7.08. The Bertz CT molecular complexity index is 1240. The number of benzene rings is 2. The maximum Gasteiger partial charge on any atom is 0.234 e. The van der Waals surface area contributed by atoms with E-state index in [4.69, 9.17) is 26.2 Å². The molecule has 2 heterocycles. The molecule has 0 amide bonds. The van der Waals surface area contributed by atoms with Crippen LogP contribution < -0.4 is 9.47 Å². The largest absolute Gasteiger partial charge is 0.494 e. The Balaban J connectivity index is 1.75. The van der Waals surface area contributed by atoms with Crippen LogP contribution in [0.4, 0.5) is 0 Å². The molecule has 2 aromatic carbocycles. The van der Waals surface area contributed by atoms with E-state index in [1.807, 2.05) is 54.6 Å². The second kappa shape index (κ2) is 8.37. The highest BCUT2D eigenvalue weighted by atomic mass is 35.5. The SMILES string of the molecule is COc1ccccc1-n1nc(OC2CC(C)(C)S(=O)(=O)C(C)(C)C2)cc1-c1ccc(Cl)cc1. The van der Waals surface area contributed by atoms with E-state index in [9.17, 15) is 8.42 Å². The van der Waals surface area contributed by atoms with E-state index in [2.05, 4.69) is 0 Å². The fourth-order valence-corrected chi connectivity index (χ4v) is 7.05. The van der Waals surface area contributed by atoms with Crippen molar-refractivity contribution in [2.24, 2.45) is 0 Å². The lowest BCUT2D eigenvalue weighted by Gasteiger charge is -2.43. The molecule has 4 rings (SSSR count). The van der Waals surface area contributed by atoms with Crippen molar-refractivity contribution in [2.75, 3.05) is 7.11 Å². The number of para-hydroxylation sites is 2. The molecule has 0 spiro atoms. The average Bonchev–Trinajstić information content (AvgIpc) is 3.16. The fourth-order valence-electron chi connectivity index (χ4n) is 4.62. The number of halogens is 1. The van der Waals surface area contributed by atoms with Crippen molar-refractivity contribution in [2.45, 2.75) is 56.1 Å². The Morgan fingerprint density at radius 1 is 1.00 bits per heavy atom. The van der Waals surface area contributed by atoms with Gasteiger partial charge in [0.15, 0.2) is 9.84 Å². The summed E-state index contributed by atoms with van der Waals surface area (Å²) < 4.78 is 37.9. The van der Waals surface area contributed by atoms with Gasteiger partial charge in [0.1, 0.15) is 17.5 Å². The van der Waals surface area contributed by atoms with Gasteiger partial charge in [0.25, 0.3) is 0 Å². The molecule has 0 unspecified atom stereocenters. The van der Waals surface area contributed by atoms with E-state index in [-0.39, 0.29) is 6.10 Å². The van der Waals surface area contributed by atoms with E-state index in [1.54, 1.807) is 39.5 Å². The van der Waals surface area contributed by atoms with Gasteiger partial charge in [-0.15, -0.1) is 5.10 Å². The third kappa shape index (κ3) is 4.24. The number of aromatic nitrogens is 2. The van der Waals surface area contributed by atoms with Crippen LogP contribution in [-0.2, 0) is 9.84 Å². The van der Waals surface area contributed by atoms with Crippen molar-refractivity contribution >= 4 is 21.4 Å². The first-order valence-corrected chi connectivity index (χ1v) is 12.7. The predicted molar refractivity (Wildman–Crippen MR) is 131 cm³/mol. The Labute approximate surface area is 200 Å². The van der Waals surface area contributed by atoms with Crippen LogP contribution >= 0.6 is 11.6 Å². The molecule has 1 aliphatic rings. The van der Waals surface area contributed by atoms with Crippen molar-refractivity contribution in [1.29, 1.82) is 0 Å². The average molecular weight is 489 g/mol. The topological polar surface area (TPSA) is 70.4 Å². The molecule has 0 saturated carbocycles. The number of nitrogens with zero attached hydrogens (tertiary/aromatic N) is 2. The highest BCUT2D eigenvalue weighted by Gasteiger charge is 2.53. The molecular formula is C25H29ClN2O4S. The van der Waals surface area contributed by atoms with Crippen molar-refractivity contribution < 1.29 is 17.9 Å². The van der Waals surface area contributed by atoms with Gasteiger partial charge < -0.3 is 9.47 Å². The second-order valence-corrected chi connectivity index (χ2v) is 13.3. The van der Waals surface area contributed by atoms with Crippen LogP contribution in [0.2, 0.25) is 5.02 Å². The first kappa shape index (κ1) is 23.6. The molecule has 0 radical (unpaired) electrons. The van der Waals surface area contributed by atoms with E-state index < -0.39 is 19.3 Å². The molecule has 1 aliphatic heterocycles. The van der Waals surface area contributed by atoms with Crippen molar-refractivity contribution in [3.8, 4) is 28.6 Å². The number of sulfone groups is 1. The Morgan fingerprint density at radius 2 is 1.61 bits per heavy atom. The molecular weight excluding hydrogens is 460 g/mol. The predicted octanol–water partition coefficient (Wildman–Crippen LogP) is 5.71. The Hall–Kier alpha value is -2.51. The minimum Gasteiger partial charge on any atom is -0.494 e. The van der Waals surface area contributed by atoms with Crippen LogP contribution in [-0.4, -0.2) is 40.9 Å². The molecule has 8 heteroatoms. The summed E-state index contributed by atoms with van der Waals surface area (Å²) in [5, 5.41) is 5.39. The van der Waals surface area contributed by atoms with E-state index in [0.29, 0.717) is 29.5 Å². The smallest absolute Gasteiger partial charge is 0.234 e. The minimum absolute atomic E-state index is 0.280. The zero-order valence-corrected chi connectivity index (χ0v) is 21.1. The molecule has 1 aromatic heterocycles. The molecule has 0 atom stereocenters. The van der Waals surface area contributed by atoms with Gasteiger partial charge in [0.05, 0.1) is 22.3 Å². The van der Waals surface area contributed by atoms with Gasteiger partial charge in [-0.3, -0.25) is 0 Å². The summed E-state index contributed by atoms with van der Waals surface area (Å²) in [5.74, 6) is 1.11. The third-order valence-electron chi connectivity index (χ3n) is 6.32. The first-order valence-electron chi connectivity index (χ1n) is 10.9. The van der Waals surface area contributed by atoms with Crippen molar-refractivity contribution in [1.82, 2.24) is 9.78 Å². The number of methoxy groups -OCH3 is 1. The normalized spacial score (nSPS) is 19.2. The summed E-state index contributed by atoms with van der Waals surface area (Å²) in [6.07, 6.45) is 0.519. The first-order chi connectivity index (χ1) is 15.4. The van der Waals surface area contributed by atoms with Crippen LogP contribution in [0, 0.1) is 0 Å². The number of hydrogen-bond acceptors (Lipinski definition) is 5. The quantitative estimate of drug-likeness (QED) is 0.459. The zero-order valence-electron chi connectivity index (χ0n) is 19.5. The van der Waals surface area contributed by atoms with E-state index in [1.165, 1.54) is 0 Å². The standard InChI is InChI=1S/C25H29ClN2O4S/c1-24(2)15-19(16-25(3,4)33(24,29)30)32-23-14-21(17-10-12-18(26)13-11-17)28(27-23)20-8-6-7-9-22(20)31-5/h6-14,19H,15-16H2,1-5H3. The Morgan fingerprint density at radius 3 is 2.21 bits per heavy atom. The van der Waals surface area contributed by atoms with Crippen LogP contribution in [0.15, 0.2) is 54.6 Å². The molecule has 0 aliphatic carbocycles. The third-order valence-corrected chi connectivity index (χ3v) is 9.82. The van der Waals surface area contributed by atoms with Crippen molar-refractivity contribution in [3.05, 3.63) is 59.6 Å². The van der Waals surface area contributed by atoms with Gasteiger partial charge >= 0.3 is 0 Å². The summed E-state index contributed by atoms with van der Waals surface area (Å²) >= 11 is 6.10. The zero-order chi connectivity index (χ0) is 24.0. The van der Waals surface area contributed by atoms with Crippen LogP contribution in [0.25, 0.3) is 16.9 Å². The minimum atomic E-state index is -3.30. The van der Waals surface area contributed by atoms with E-state index in [0.717, 1.165) is 16.9 Å². The molecule has 1 saturated heterocycles. The summed E-state index contributed by atoms with van der Waals surface area (Å²) in [5.41, 5.74) is 2.50. The maximum atomic E-state index is 13.0. The fraction of sp³-hybridized carbons (Fsp3) is 0.400. The molecule has 3 aromatic rings. The summed E-state index contributed by atoms with van der Waals surface area (Å²) in [4.78, 5) is 0. The van der Waals surface area contributed by atoms with Gasteiger partial charge in [0.2, 0.25) is 5.88 Å². The van der Waals surface area contributed by atoms with Gasteiger partial charge in [-0.25, -0.2) is 13.1 Å². The lowest BCUT2D eigenvalue weighted by molar-refractivity contribution is 0.138. The second-order valence-electron chi connectivity index (χ2n) is 9.63. The molecule has 0 N–H and O–H groups in total. The van der Waals surface area contributed by atoms with Crippen molar-refractivity contribution in [3.63, 3.8) is 0 Å². The van der Waals surface area contributed by atoms with E-state index >= 15 is 0 Å². The summed E-state index contributed by atoms with van der Waals surface area (Å²) in [7, 11) is -1.68. The highest BCUT2D eigenvalue weighted by Crippen LogP contribution is 2.43. The van der Waals surface area contributed by atoms with Gasteiger partial charge in [-0.2, -0.15) is 0 Å². The monoisotopic (exact) mass is 488 g/mol. The Kier molecular flexibility index (Phi) is 5.99. The number of hydrogen-bond donors (Lipinski definition) is 0. The van der Waals surface area contributed by atoms with Gasteiger partial charge in [-0.05, 0) is 52.0 Å². The maximum absolute atomic E-state index is 13.0.